The highest BCUT2D eigenvalue weighted by Gasteiger charge is 2.56. The summed E-state index contributed by atoms with van der Waals surface area (Å²) in [6.07, 6.45) is 7.19. The minimum Gasteiger partial charge on any atom is -0.481 e. The first-order chi connectivity index (χ1) is 16.4. The number of carbonyl (C=O) groups excluding carboxylic acids is 1. The number of likely N-dealkylation sites (tertiary alicyclic amines) is 1. The Bertz CT molecular complexity index is 1220. The Kier molecular flexibility index (Phi) is 5.85. The Morgan fingerprint density at radius 3 is 2.71 bits per heavy atom. The van der Waals surface area contributed by atoms with Gasteiger partial charge in [0.25, 0.3) is 0 Å². The lowest BCUT2D eigenvalue weighted by atomic mass is 10.0. The van der Waals surface area contributed by atoms with Crippen LogP contribution in [0, 0.1) is 12.3 Å². The molecule has 1 saturated heterocycles. The molecule has 5 rings (SSSR count). The number of nitrogens with zero attached hydrogens (tertiary/aromatic N) is 5. The number of amides is 1. The van der Waals surface area contributed by atoms with E-state index in [-0.39, 0.29) is 23.3 Å². The summed E-state index contributed by atoms with van der Waals surface area (Å²) in [6, 6.07) is 7.65. The molecule has 0 radical (unpaired) electrons. The van der Waals surface area contributed by atoms with E-state index < -0.39 is 0 Å². The van der Waals surface area contributed by atoms with Crippen LogP contribution in [0.5, 0.6) is 5.88 Å². The fourth-order valence-electron chi connectivity index (χ4n) is 4.78. The van der Waals surface area contributed by atoms with Crippen molar-refractivity contribution in [3.8, 4) is 17.3 Å². The number of halogens is 1. The van der Waals surface area contributed by atoms with E-state index in [9.17, 15) is 4.79 Å². The maximum absolute atomic E-state index is 13.4. The van der Waals surface area contributed by atoms with Gasteiger partial charge in [-0.3, -0.25) is 4.79 Å². The molecule has 1 N–H and O–H groups in total. The van der Waals surface area contributed by atoms with Crippen LogP contribution < -0.4 is 10.1 Å². The first kappa shape index (κ1) is 22.5. The third-order valence-electron chi connectivity index (χ3n) is 6.97. The zero-order chi connectivity index (χ0) is 23.9. The van der Waals surface area contributed by atoms with Gasteiger partial charge in [-0.1, -0.05) is 11.6 Å². The quantitative estimate of drug-likeness (QED) is 0.569. The Balaban J connectivity index is 1.31. The molecule has 1 spiro atoms. The van der Waals surface area contributed by atoms with Crippen molar-refractivity contribution in [3.05, 3.63) is 59.1 Å². The number of carbonyl (C=O) groups is 1. The number of ether oxygens (including phenoxy) is 1. The Morgan fingerprint density at radius 2 is 2.03 bits per heavy atom. The summed E-state index contributed by atoms with van der Waals surface area (Å²) in [5, 5.41) is 4.08. The zero-order valence-corrected chi connectivity index (χ0v) is 20.2. The monoisotopic (exact) mass is 478 g/mol. The number of pyridine rings is 2. The van der Waals surface area contributed by atoms with Crippen LogP contribution in [0.4, 0.5) is 5.82 Å². The predicted octanol–water partition coefficient (Wildman–Crippen LogP) is 4.11. The molecule has 9 heteroatoms. The second kappa shape index (κ2) is 8.83. The van der Waals surface area contributed by atoms with Crippen LogP contribution in [0.15, 0.2) is 42.9 Å². The molecule has 1 saturated carbocycles. The maximum atomic E-state index is 13.4. The standard InChI is InChI=1S/C25H27ClN6O2/c1-15(18-11-22(34-3)29-12-19(18)26)24(33)32-13-20(25(14-32)7-8-25)31-21-6-5-17(16(2)30-21)23-27-9-4-10-28-23/h4-6,9-12,15,20H,7-8,13-14H2,1-3H3,(H,30,31)/t15-,20-/m1/s1. The summed E-state index contributed by atoms with van der Waals surface area (Å²) in [5.41, 5.74) is 2.61. The van der Waals surface area contributed by atoms with Crippen LogP contribution in [0.3, 0.4) is 0 Å². The van der Waals surface area contributed by atoms with Gasteiger partial charge in [0.05, 0.1) is 29.8 Å². The molecular formula is C25H27ClN6O2. The van der Waals surface area contributed by atoms with Gasteiger partial charge in [0.15, 0.2) is 5.82 Å². The number of hydrogen-bond acceptors (Lipinski definition) is 7. The number of hydrogen-bond donors (Lipinski definition) is 1. The molecule has 34 heavy (non-hydrogen) atoms. The lowest BCUT2D eigenvalue weighted by molar-refractivity contribution is -0.131. The highest BCUT2D eigenvalue weighted by atomic mass is 35.5. The van der Waals surface area contributed by atoms with Crippen molar-refractivity contribution >= 4 is 23.3 Å². The van der Waals surface area contributed by atoms with E-state index in [2.05, 4.69) is 20.3 Å². The second-order valence-corrected chi connectivity index (χ2v) is 9.56. The summed E-state index contributed by atoms with van der Waals surface area (Å²) < 4.78 is 5.22. The van der Waals surface area contributed by atoms with Crippen molar-refractivity contribution in [3.63, 3.8) is 0 Å². The average molecular weight is 479 g/mol. The van der Waals surface area contributed by atoms with Gasteiger partial charge >= 0.3 is 0 Å². The highest BCUT2D eigenvalue weighted by Crippen LogP contribution is 2.54. The van der Waals surface area contributed by atoms with Crippen molar-refractivity contribution in [2.75, 3.05) is 25.5 Å². The highest BCUT2D eigenvalue weighted by molar-refractivity contribution is 6.31. The predicted molar refractivity (Wildman–Crippen MR) is 130 cm³/mol. The molecule has 1 aliphatic carbocycles. The van der Waals surface area contributed by atoms with Crippen molar-refractivity contribution in [2.45, 2.75) is 38.6 Å². The topological polar surface area (TPSA) is 93.1 Å². The smallest absolute Gasteiger partial charge is 0.229 e. The molecule has 3 aromatic heterocycles. The fourth-order valence-corrected chi connectivity index (χ4v) is 5.05. The van der Waals surface area contributed by atoms with Gasteiger partial charge in [-0.05, 0) is 50.5 Å². The average Bonchev–Trinajstić information content (AvgIpc) is 3.55. The van der Waals surface area contributed by atoms with Crippen molar-refractivity contribution in [1.29, 1.82) is 0 Å². The van der Waals surface area contributed by atoms with Crippen LogP contribution in [-0.2, 0) is 4.79 Å². The summed E-state index contributed by atoms with van der Waals surface area (Å²) in [5.74, 6) is 1.59. The largest absolute Gasteiger partial charge is 0.481 e. The summed E-state index contributed by atoms with van der Waals surface area (Å²) in [7, 11) is 1.55. The number of nitrogens with one attached hydrogen (secondary N) is 1. The van der Waals surface area contributed by atoms with Gasteiger partial charge in [-0.25, -0.2) is 19.9 Å². The Labute approximate surface area is 203 Å². The summed E-state index contributed by atoms with van der Waals surface area (Å²) >= 11 is 6.36. The van der Waals surface area contributed by atoms with Gasteiger partial charge in [0.1, 0.15) is 5.82 Å². The van der Waals surface area contributed by atoms with Crippen LogP contribution in [0.1, 0.15) is 36.9 Å². The third kappa shape index (κ3) is 4.18. The molecule has 2 aliphatic rings. The normalized spacial score (nSPS) is 19.2. The van der Waals surface area contributed by atoms with Crippen LogP contribution in [-0.4, -0.2) is 57.0 Å². The van der Waals surface area contributed by atoms with Gasteiger partial charge in [-0.15, -0.1) is 0 Å². The Hall–Kier alpha value is -3.26. The zero-order valence-electron chi connectivity index (χ0n) is 19.5. The van der Waals surface area contributed by atoms with E-state index in [0.29, 0.717) is 23.3 Å². The molecule has 176 valence electrons. The summed E-state index contributed by atoms with van der Waals surface area (Å²) in [6.45, 7) is 5.22. The van der Waals surface area contributed by atoms with E-state index in [0.717, 1.165) is 42.0 Å². The van der Waals surface area contributed by atoms with Crippen LogP contribution in [0.2, 0.25) is 5.02 Å². The van der Waals surface area contributed by atoms with E-state index >= 15 is 0 Å². The molecule has 0 aromatic carbocycles. The Morgan fingerprint density at radius 1 is 1.26 bits per heavy atom. The van der Waals surface area contributed by atoms with Crippen LogP contribution in [0.25, 0.3) is 11.4 Å². The van der Waals surface area contributed by atoms with Crippen molar-refractivity contribution in [2.24, 2.45) is 5.41 Å². The molecule has 1 amide bonds. The molecule has 2 fully saturated rings. The lowest BCUT2D eigenvalue weighted by Gasteiger charge is -2.22. The molecular weight excluding hydrogens is 452 g/mol. The molecule has 0 bridgehead atoms. The van der Waals surface area contributed by atoms with Gasteiger partial charge < -0.3 is 15.0 Å². The van der Waals surface area contributed by atoms with Crippen molar-refractivity contribution in [1.82, 2.24) is 24.8 Å². The fraction of sp³-hybridized carbons (Fsp3) is 0.400. The number of aromatic nitrogens is 4. The van der Waals surface area contributed by atoms with E-state index in [1.165, 1.54) is 6.20 Å². The molecule has 1 aliphatic heterocycles. The number of aryl methyl sites for hydroxylation is 1. The third-order valence-corrected chi connectivity index (χ3v) is 7.29. The van der Waals surface area contributed by atoms with E-state index in [1.807, 2.05) is 30.9 Å². The van der Waals surface area contributed by atoms with Gasteiger partial charge in [0.2, 0.25) is 11.8 Å². The number of rotatable bonds is 6. The van der Waals surface area contributed by atoms with E-state index in [1.54, 1.807) is 31.6 Å². The SMILES string of the molecule is COc1cc([C@@H](C)C(=O)N2C[C@@H](Nc3ccc(-c4ncccn4)c(C)n3)C3(CC3)C2)c(Cl)cn1. The maximum Gasteiger partial charge on any atom is 0.229 e. The first-order valence-corrected chi connectivity index (χ1v) is 11.8. The van der Waals surface area contributed by atoms with Gasteiger partial charge in [0, 0.05) is 48.7 Å². The minimum absolute atomic E-state index is 0.0615. The molecule has 2 atom stereocenters. The minimum atomic E-state index is -0.385. The lowest BCUT2D eigenvalue weighted by Crippen LogP contribution is -2.34. The van der Waals surface area contributed by atoms with Gasteiger partial charge in [-0.2, -0.15) is 0 Å². The number of methoxy groups -OCH3 is 1. The second-order valence-electron chi connectivity index (χ2n) is 9.15. The summed E-state index contributed by atoms with van der Waals surface area (Å²) in [4.78, 5) is 32.9. The molecule has 3 aromatic rings. The molecule has 4 heterocycles. The van der Waals surface area contributed by atoms with Crippen molar-refractivity contribution < 1.29 is 9.53 Å². The van der Waals surface area contributed by atoms with E-state index in [4.69, 9.17) is 21.3 Å². The first-order valence-electron chi connectivity index (χ1n) is 11.4. The molecule has 0 unspecified atom stereocenters. The number of anilines is 1. The molecule has 8 nitrogen and oxygen atoms in total. The van der Waals surface area contributed by atoms with Crippen LogP contribution >= 0.6 is 11.6 Å².